The van der Waals surface area contributed by atoms with Gasteiger partial charge in [0.1, 0.15) is 12.0 Å². The molecule has 1 aromatic carbocycles. The van der Waals surface area contributed by atoms with Gasteiger partial charge in [0.15, 0.2) is 0 Å². The summed E-state index contributed by atoms with van der Waals surface area (Å²) in [7, 11) is 0. The van der Waals surface area contributed by atoms with Crippen LogP contribution in [0, 0.1) is 6.92 Å². The first kappa shape index (κ1) is 13.2. The molecule has 0 fully saturated rings. The van der Waals surface area contributed by atoms with Gasteiger partial charge in [0, 0.05) is 5.56 Å². The standard InChI is InChI=1S/C15H18O2/c1-3-4-5-6-7-10-17-15-11-14(12-16)9-8-13(15)2/h3-5,8-9,11-12H,1,6-7,10H2,2H3/b5-4-. The Kier molecular flexibility index (Phi) is 5.80. The summed E-state index contributed by atoms with van der Waals surface area (Å²) in [6, 6.07) is 5.47. The van der Waals surface area contributed by atoms with Gasteiger partial charge in [-0.1, -0.05) is 36.9 Å². The van der Waals surface area contributed by atoms with Crippen LogP contribution in [-0.4, -0.2) is 12.9 Å². The van der Waals surface area contributed by atoms with E-state index in [0.717, 1.165) is 30.4 Å². The highest BCUT2D eigenvalue weighted by Gasteiger charge is 2.00. The first-order valence-corrected chi connectivity index (χ1v) is 5.74. The van der Waals surface area contributed by atoms with Crippen molar-refractivity contribution < 1.29 is 9.53 Å². The molecule has 0 amide bonds. The first-order chi connectivity index (χ1) is 8.27. The lowest BCUT2D eigenvalue weighted by molar-refractivity contribution is 0.112. The number of hydrogen-bond acceptors (Lipinski definition) is 2. The summed E-state index contributed by atoms with van der Waals surface area (Å²) >= 11 is 0. The van der Waals surface area contributed by atoms with Gasteiger partial charge in [0.05, 0.1) is 6.61 Å². The largest absolute Gasteiger partial charge is 0.493 e. The van der Waals surface area contributed by atoms with Crippen molar-refractivity contribution in [1.29, 1.82) is 0 Å². The van der Waals surface area contributed by atoms with E-state index in [1.165, 1.54) is 0 Å². The van der Waals surface area contributed by atoms with E-state index in [4.69, 9.17) is 4.74 Å². The number of aryl methyl sites for hydroxylation is 1. The van der Waals surface area contributed by atoms with E-state index >= 15 is 0 Å². The molecule has 0 aliphatic carbocycles. The summed E-state index contributed by atoms with van der Waals surface area (Å²) in [5.41, 5.74) is 1.70. The second-order valence-electron chi connectivity index (χ2n) is 3.80. The predicted molar refractivity (Wildman–Crippen MR) is 70.6 cm³/mol. The maximum Gasteiger partial charge on any atom is 0.150 e. The molecule has 0 aromatic heterocycles. The first-order valence-electron chi connectivity index (χ1n) is 5.74. The molecule has 17 heavy (non-hydrogen) atoms. The second-order valence-corrected chi connectivity index (χ2v) is 3.80. The molecule has 2 heteroatoms. The molecule has 2 nitrogen and oxygen atoms in total. The van der Waals surface area contributed by atoms with E-state index in [1.54, 1.807) is 18.2 Å². The third kappa shape index (κ3) is 4.68. The summed E-state index contributed by atoms with van der Waals surface area (Å²) in [4.78, 5) is 10.6. The Morgan fingerprint density at radius 3 is 2.94 bits per heavy atom. The maximum absolute atomic E-state index is 10.6. The molecule has 0 heterocycles. The molecule has 0 aliphatic heterocycles. The average Bonchev–Trinajstić information content (AvgIpc) is 2.35. The van der Waals surface area contributed by atoms with Crippen LogP contribution in [-0.2, 0) is 0 Å². The summed E-state index contributed by atoms with van der Waals surface area (Å²) in [6.07, 6.45) is 8.51. The van der Waals surface area contributed by atoms with Gasteiger partial charge < -0.3 is 4.74 Å². The molecule has 0 N–H and O–H groups in total. The zero-order valence-corrected chi connectivity index (χ0v) is 10.2. The molecule has 1 rings (SSSR count). The minimum absolute atomic E-state index is 0.650. The van der Waals surface area contributed by atoms with Crippen LogP contribution in [0.3, 0.4) is 0 Å². The number of allylic oxidation sites excluding steroid dienone is 3. The normalized spacial score (nSPS) is 10.4. The summed E-state index contributed by atoms with van der Waals surface area (Å²) in [5, 5.41) is 0. The van der Waals surface area contributed by atoms with Crippen LogP contribution in [0.2, 0.25) is 0 Å². The number of hydrogen-bond donors (Lipinski definition) is 0. The molecule has 0 bridgehead atoms. The van der Waals surface area contributed by atoms with Gasteiger partial charge in [-0.2, -0.15) is 0 Å². The van der Waals surface area contributed by atoms with Gasteiger partial charge in [-0.05, 0) is 31.4 Å². The Bertz CT molecular complexity index is 405. The lowest BCUT2D eigenvalue weighted by Gasteiger charge is -2.08. The average molecular weight is 230 g/mol. The molecular formula is C15H18O2. The highest BCUT2D eigenvalue weighted by molar-refractivity contribution is 5.75. The van der Waals surface area contributed by atoms with E-state index in [-0.39, 0.29) is 0 Å². The van der Waals surface area contributed by atoms with E-state index in [0.29, 0.717) is 12.2 Å². The Labute approximate surface area is 103 Å². The Balaban J connectivity index is 2.43. The molecule has 0 unspecified atom stereocenters. The minimum Gasteiger partial charge on any atom is -0.493 e. The molecule has 0 saturated heterocycles. The zero-order valence-electron chi connectivity index (χ0n) is 10.2. The van der Waals surface area contributed by atoms with Gasteiger partial charge >= 0.3 is 0 Å². The lowest BCUT2D eigenvalue weighted by Crippen LogP contribution is -1.99. The van der Waals surface area contributed by atoms with Crippen molar-refractivity contribution in [3.8, 4) is 5.75 Å². The van der Waals surface area contributed by atoms with Crippen LogP contribution in [0.1, 0.15) is 28.8 Å². The van der Waals surface area contributed by atoms with Crippen LogP contribution < -0.4 is 4.74 Å². The van der Waals surface area contributed by atoms with Gasteiger partial charge in [0.25, 0.3) is 0 Å². The topological polar surface area (TPSA) is 26.3 Å². The number of aldehydes is 1. The van der Waals surface area contributed by atoms with Crippen LogP contribution in [0.25, 0.3) is 0 Å². The zero-order chi connectivity index (χ0) is 12.5. The molecular weight excluding hydrogens is 212 g/mol. The lowest BCUT2D eigenvalue weighted by atomic mass is 10.1. The van der Waals surface area contributed by atoms with Crippen molar-refractivity contribution in [1.82, 2.24) is 0 Å². The van der Waals surface area contributed by atoms with E-state index < -0.39 is 0 Å². The van der Waals surface area contributed by atoms with Crippen molar-refractivity contribution >= 4 is 6.29 Å². The fraction of sp³-hybridized carbons (Fsp3) is 0.267. The molecule has 0 saturated carbocycles. The van der Waals surface area contributed by atoms with E-state index in [2.05, 4.69) is 12.7 Å². The number of carbonyl (C=O) groups excluding carboxylic acids is 1. The quantitative estimate of drug-likeness (QED) is 0.405. The number of carbonyl (C=O) groups is 1. The monoisotopic (exact) mass is 230 g/mol. The molecule has 0 radical (unpaired) electrons. The van der Waals surface area contributed by atoms with Crippen molar-refractivity contribution in [2.24, 2.45) is 0 Å². The third-order valence-electron chi connectivity index (χ3n) is 2.39. The smallest absolute Gasteiger partial charge is 0.150 e. The fourth-order valence-corrected chi connectivity index (χ4v) is 1.42. The van der Waals surface area contributed by atoms with Crippen molar-refractivity contribution in [2.75, 3.05) is 6.61 Å². The van der Waals surface area contributed by atoms with Gasteiger partial charge in [-0.15, -0.1) is 0 Å². The highest BCUT2D eigenvalue weighted by Crippen LogP contribution is 2.19. The van der Waals surface area contributed by atoms with Gasteiger partial charge in [-0.25, -0.2) is 0 Å². The fourth-order valence-electron chi connectivity index (χ4n) is 1.42. The highest BCUT2D eigenvalue weighted by atomic mass is 16.5. The van der Waals surface area contributed by atoms with E-state index in [9.17, 15) is 4.79 Å². The number of benzene rings is 1. The van der Waals surface area contributed by atoms with E-state index in [1.807, 2.05) is 19.1 Å². The summed E-state index contributed by atoms with van der Waals surface area (Å²) in [5.74, 6) is 0.794. The minimum atomic E-state index is 0.650. The molecule has 1 aromatic rings. The summed E-state index contributed by atoms with van der Waals surface area (Å²) < 4.78 is 5.64. The van der Waals surface area contributed by atoms with Crippen LogP contribution in [0.4, 0.5) is 0 Å². The van der Waals surface area contributed by atoms with Crippen molar-refractivity contribution in [3.63, 3.8) is 0 Å². The van der Waals surface area contributed by atoms with Gasteiger partial charge in [-0.3, -0.25) is 4.79 Å². The summed E-state index contributed by atoms with van der Waals surface area (Å²) in [6.45, 7) is 6.24. The molecule has 0 spiro atoms. The van der Waals surface area contributed by atoms with Crippen molar-refractivity contribution in [2.45, 2.75) is 19.8 Å². The molecule has 0 atom stereocenters. The Morgan fingerprint density at radius 2 is 2.24 bits per heavy atom. The van der Waals surface area contributed by atoms with Crippen LogP contribution in [0.5, 0.6) is 5.75 Å². The van der Waals surface area contributed by atoms with Crippen LogP contribution >= 0.6 is 0 Å². The Morgan fingerprint density at radius 1 is 1.41 bits per heavy atom. The predicted octanol–water partition coefficient (Wildman–Crippen LogP) is 3.71. The SMILES string of the molecule is C=C/C=C\CCCOc1cc(C=O)ccc1C. The molecule has 0 aliphatic rings. The number of ether oxygens (including phenoxy) is 1. The molecule has 90 valence electrons. The number of unbranched alkanes of at least 4 members (excludes halogenated alkanes) is 1. The maximum atomic E-state index is 10.6. The second kappa shape index (κ2) is 7.44. The van der Waals surface area contributed by atoms with Gasteiger partial charge in [0.2, 0.25) is 0 Å². The third-order valence-corrected chi connectivity index (χ3v) is 2.39. The Hall–Kier alpha value is -1.83. The number of rotatable bonds is 7. The van der Waals surface area contributed by atoms with Crippen molar-refractivity contribution in [3.05, 3.63) is 54.1 Å². The van der Waals surface area contributed by atoms with Crippen LogP contribution in [0.15, 0.2) is 43.0 Å².